The van der Waals surface area contributed by atoms with Gasteiger partial charge in [0.15, 0.2) is 11.6 Å². The maximum absolute atomic E-state index is 14.5. The van der Waals surface area contributed by atoms with Crippen LogP contribution in [0.2, 0.25) is 0 Å². The van der Waals surface area contributed by atoms with Crippen LogP contribution in [0, 0.1) is 0 Å². The Hall–Kier alpha value is -3.93. The molecular weight excluding hydrogens is 414 g/mol. The lowest BCUT2D eigenvalue weighted by atomic mass is 9.93. The van der Waals surface area contributed by atoms with Crippen LogP contribution in [0.5, 0.6) is 0 Å². The highest BCUT2D eigenvalue weighted by molar-refractivity contribution is 6.29. The van der Waals surface area contributed by atoms with Crippen LogP contribution in [-0.4, -0.2) is 30.1 Å². The topological polar surface area (TPSA) is 60.4 Å². The fourth-order valence-corrected chi connectivity index (χ4v) is 3.05. The van der Waals surface area contributed by atoms with Crippen LogP contribution < -0.4 is 0 Å². The van der Waals surface area contributed by atoms with Crippen molar-refractivity contribution in [3.05, 3.63) is 113 Å². The number of ketones is 2. The van der Waals surface area contributed by atoms with E-state index in [-0.39, 0.29) is 29.1 Å². The molecular formula is C26H20F2O4. The summed E-state index contributed by atoms with van der Waals surface area (Å²) in [7, 11) is 0. The molecule has 0 aromatic heterocycles. The molecule has 0 amide bonds. The summed E-state index contributed by atoms with van der Waals surface area (Å²) < 4.78 is 33.4. The smallest absolute Gasteiger partial charge is 0.381 e. The average molecular weight is 434 g/mol. The van der Waals surface area contributed by atoms with E-state index >= 15 is 0 Å². The number of rotatable bonds is 8. The van der Waals surface area contributed by atoms with Gasteiger partial charge in [-0.25, -0.2) is 4.79 Å². The normalized spacial score (nSPS) is 11.7. The summed E-state index contributed by atoms with van der Waals surface area (Å²) in [5, 5.41) is 0. The van der Waals surface area contributed by atoms with E-state index in [1.807, 2.05) is 0 Å². The molecule has 3 aromatic rings. The molecule has 3 aromatic carbocycles. The van der Waals surface area contributed by atoms with Crippen molar-refractivity contribution in [3.63, 3.8) is 0 Å². The van der Waals surface area contributed by atoms with E-state index < -0.39 is 17.7 Å². The minimum atomic E-state index is -4.01. The van der Waals surface area contributed by atoms with Gasteiger partial charge >= 0.3 is 11.9 Å². The van der Waals surface area contributed by atoms with Crippen molar-refractivity contribution >= 4 is 23.1 Å². The highest BCUT2D eigenvalue weighted by Gasteiger charge is 2.39. The van der Waals surface area contributed by atoms with E-state index in [2.05, 4.69) is 4.74 Å². The Kier molecular flexibility index (Phi) is 7.05. The van der Waals surface area contributed by atoms with E-state index in [0.717, 1.165) is 0 Å². The Labute approximate surface area is 184 Å². The molecule has 0 N–H and O–H groups in total. The molecule has 162 valence electrons. The number of carbonyl (C=O) groups excluding carboxylic acids is 3. The van der Waals surface area contributed by atoms with Gasteiger partial charge in [-0.05, 0) is 12.5 Å². The van der Waals surface area contributed by atoms with E-state index in [1.165, 1.54) is 43.3 Å². The number of Topliss-reactive ketones (excluding diaryl/α,β-unsaturated/α-hetero) is 1. The predicted octanol–water partition coefficient (Wildman–Crippen LogP) is 5.38. The third-order valence-electron chi connectivity index (χ3n) is 4.65. The quantitative estimate of drug-likeness (QED) is 0.271. The van der Waals surface area contributed by atoms with Crippen LogP contribution >= 0.6 is 0 Å². The minimum absolute atomic E-state index is 0.146. The van der Waals surface area contributed by atoms with Crippen LogP contribution in [0.3, 0.4) is 0 Å². The lowest BCUT2D eigenvalue weighted by Crippen LogP contribution is -2.29. The standard InChI is InChI=1S/C26H20F2O4/c1-2-32-25(31)26(27,28)17-22(24(30)20-11-7-4-8-12-20)18-13-15-21(16-14-18)23(29)19-9-5-3-6-10-19/h3-17H,2H2,1H3/b22-17+. The maximum Gasteiger partial charge on any atom is 0.381 e. The van der Waals surface area contributed by atoms with Crippen LogP contribution in [-0.2, 0) is 9.53 Å². The monoisotopic (exact) mass is 434 g/mol. The summed E-state index contributed by atoms with van der Waals surface area (Å²) in [5.74, 6) is -6.67. The summed E-state index contributed by atoms with van der Waals surface area (Å²) >= 11 is 0. The number of ether oxygens (including phenoxy) is 1. The molecule has 0 atom stereocenters. The Morgan fingerprint density at radius 3 is 1.75 bits per heavy atom. The van der Waals surface area contributed by atoms with E-state index in [0.29, 0.717) is 17.2 Å². The largest absolute Gasteiger partial charge is 0.461 e. The van der Waals surface area contributed by atoms with Crippen molar-refractivity contribution in [2.24, 2.45) is 0 Å². The Balaban J connectivity index is 2.01. The van der Waals surface area contributed by atoms with Gasteiger partial charge in [0.1, 0.15) is 0 Å². The van der Waals surface area contributed by atoms with Crippen molar-refractivity contribution in [1.29, 1.82) is 0 Å². The van der Waals surface area contributed by atoms with Gasteiger partial charge in [-0.1, -0.05) is 84.9 Å². The molecule has 0 spiro atoms. The van der Waals surface area contributed by atoms with Gasteiger partial charge in [-0.3, -0.25) is 9.59 Å². The van der Waals surface area contributed by atoms with Gasteiger partial charge < -0.3 is 4.74 Å². The fourth-order valence-electron chi connectivity index (χ4n) is 3.05. The number of hydrogen-bond acceptors (Lipinski definition) is 4. The van der Waals surface area contributed by atoms with Crippen LogP contribution in [0.15, 0.2) is 91.0 Å². The summed E-state index contributed by atoms with van der Waals surface area (Å²) in [4.78, 5) is 37.4. The van der Waals surface area contributed by atoms with E-state index in [1.54, 1.807) is 48.5 Å². The molecule has 0 saturated heterocycles. The third kappa shape index (κ3) is 5.21. The highest BCUT2D eigenvalue weighted by Crippen LogP contribution is 2.28. The Morgan fingerprint density at radius 1 is 0.750 bits per heavy atom. The van der Waals surface area contributed by atoms with Crippen molar-refractivity contribution in [2.75, 3.05) is 6.61 Å². The average Bonchev–Trinajstić information content (AvgIpc) is 2.83. The number of esters is 1. The van der Waals surface area contributed by atoms with Gasteiger partial charge in [-0.15, -0.1) is 0 Å². The number of alkyl halides is 2. The lowest BCUT2D eigenvalue weighted by Gasteiger charge is -2.14. The molecule has 0 aliphatic rings. The number of hydrogen-bond donors (Lipinski definition) is 0. The minimum Gasteiger partial charge on any atom is -0.461 e. The van der Waals surface area contributed by atoms with Crippen LogP contribution in [0.1, 0.15) is 38.8 Å². The maximum atomic E-state index is 14.5. The predicted molar refractivity (Wildman–Crippen MR) is 117 cm³/mol. The number of halogens is 2. The van der Waals surface area contributed by atoms with Crippen molar-refractivity contribution in [3.8, 4) is 0 Å². The molecule has 0 aliphatic heterocycles. The zero-order valence-corrected chi connectivity index (χ0v) is 17.3. The van der Waals surface area contributed by atoms with Crippen molar-refractivity contribution in [2.45, 2.75) is 12.8 Å². The zero-order chi connectivity index (χ0) is 23.1. The number of benzene rings is 3. The van der Waals surface area contributed by atoms with E-state index in [9.17, 15) is 23.2 Å². The first-order chi connectivity index (χ1) is 15.3. The first kappa shape index (κ1) is 22.7. The summed E-state index contributed by atoms with van der Waals surface area (Å²) in [5.41, 5.74) is 0.775. The molecule has 0 unspecified atom stereocenters. The Morgan fingerprint density at radius 2 is 1.22 bits per heavy atom. The number of carbonyl (C=O) groups is 3. The molecule has 32 heavy (non-hydrogen) atoms. The van der Waals surface area contributed by atoms with E-state index in [4.69, 9.17) is 0 Å². The molecule has 0 bridgehead atoms. The second kappa shape index (κ2) is 9.92. The molecule has 0 saturated carbocycles. The molecule has 0 heterocycles. The third-order valence-corrected chi connectivity index (χ3v) is 4.65. The molecule has 0 fully saturated rings. The Bertz CT molecular complexity index is 1140. The molecule has 0 radical (unpaired) electrons. The molecule has 0 aliphatic carbocycles. The second-order valence-electron chi connectivity index (χ2n) is 6.87. The second-order valence-corrected chi connectivity index (χ2v) is 6.87. The zero-order valence-electron chi connectivity index (χ0n) is 17.3. The molecule has 4 nitrogen and oxygen atoms in total. The van der Waals surface area contributed by atoms with Gasteiger partial charge in [0.05, 0.1) is 6.61 Å². The fraction of sp³-hybridized carbons (Fsp3) is 0.115. The SMILES string of the molecule is CCOC(=O)C(F)(F)/C=C(/C(=O)c1ccccc1)c1ccc(C(=O)c2ccccc2)cc1. The lowest BCUT2D eigenvalue weighted by molar-refractivity contribution is -0.164. The number of allylic oxidation sites excluding steroid dienone is 1. The molecule has 3 rings (SSSR count). The highest BCUT2D eigenvalue weighted by atomic mass is 19.3. The van der Waals surface area contributed by atoms with Gasteiger partial charge in [0.2, 0.25) is 0 Å². The van der Waals surface area contributed by atoms with Gasteiger partial charge in [0.25, 0.3) is 0 Å². The van der Waals surface area contributed by atoms with Gasteiger partial charge in [-0.2, -0.15) is 8.78 Å². The summed E-state index contributed by atoms with van der Waals surface area (Å²) in [6.07, 6.45) is 0.314. The summed E-state index contributed by atoms with van der Waals surface area (Å²) in [6, 6.07) is 22.2. The van der Waals surface area contributed by atoms with Gasteiger partial charge in [0, 0.05) is 28.3 Å². The summed E-state index contributed by atoms with van der Waals surface area (Å²) in [6.45, 7) is 1.19. The molecule has 6 heteroatoms. The van der Waals surface area contributed by atoms with Crippen molar-refractivity contribution in [1.82, 2.24) is 0 Å². The van der Waals surface area contributed by atoms with Crippen LogP contribution in [0.25, 0.3) is 5.57 Å². The van der Waals surface area contributed by atoms with Crippen LogP contribution in [0.4, 0.5) is 8.78 Å². The first-order valence-electron chi connectivity index (χ1n) is 9.91. The first-order valence-corrected chi connectivity index (χ1v) is 9.91. The van der Waals surface area contributed by atoms with Crippen molar-refractivity contribution < 1.29 is 27.9 Å².